The smallest absolute Gasteiger partial charge is 0.317 e. The number of piperazine rings is 1. The van der Waals surface area contributed by atoms with Gasteiger partial charge in [0.1, 0.15) is 5.76 Å². The predicted molar refractivity (Wildman–Crippen MR) is 78.4 cm³/mol. The van der Waals surface area contributed by atoms with Crippen LogP contribution in [0.3, 0.4) is 0 Å². The maximum absolute atomic E-state index is 12.0. The zero-order valence-electron chi connectivity index (χ0n) is 12.5. The molecule has 1 aromatic heterocycles. The van der Waals surface area contributed by atoms with Crippen LogP contribution < -0.4 is 5.32 Å². The van der Waals surface area contributed by atoms with E-state index in [0.29, 0.717) is 5.92 Å². The van der Waals surface area contributed by atoms with Crippen LogP contribution in [0.4, 0.5) is 4.79 Å². The summed E-state index contributed by atoms with van der Waals surface area (Å²) in [6.45, 7) is 9.30. The van der Waals surface area contributed by atoms with E-state index in [0.717, 1.165) is 51.4 Å². The average Bonchev–Trinajstić information content (AvgIpc) is 2.92. The number of carbonyl (C=O) groups is 1. The molecule has 112 valence electrons. The first-order valence-corrected chi connectivity index (χ1v) is 7.42. The lowest BCUT2D eigenvalue weighted by Crippen LogP contribution is -2.51. The second-order valence-electron chi connectivity index (χ2n) is 5.76. The van der Waals surface area contributed by atoms with Crippen LogP contribution in [0, 0.1) is 5.92 Å². The van der Waals surface area contributed by atoms with E-state index in [1.165, 1.54) is 0 Å². The highest BCUT2D eigenvalue weighted by molar-refractivity contribution is 5.74. The Kier molecular flexibility index (Phi) is 5.47. The van der Waals surface area contributed by atoms with Gasteiger partial charge in [-0.15, -0.1) is 0 Å². The van der Waals surface area contributed by atoms with Crippen LogP contribution >= 0.6 is 0 Å². The molecule has 0 bridgehead atoms. The molecule has 2 rings (SSSR count). The number of furan rings is 1. The summed E-state index contributed by atoms with van der Waals surface area (Å²) in [5.41, 5.74) is 0. The first-order valence-electron chi connectivity index (χ1n) is 7.42. The van der Waals surface area contributed by atoms with Gasteiger partial charge in [0, 0.05) is 32.7 Å². The number of hydrogen-bond acceptors (Lipinski definition) is 3. The lowest BCUT2D eigenvalue weighted by molar-refractivity contribution is 0.130. The Morgan fingerprint density at radius 3 is 2.70 bits per heavy atom. The van der Waals surface area contributed by atoms with Crippen LogP contribution in [0.5, 0.6) is 0 Å². The van der Waals surface area contributed by atoms with E-state index in [1.54, 1.807) is 6.26 Å². The summed E-state index contributed by atoms with van der Waals surface area (Å²) < 4.78 is 5.35. The number of nitrogens with one attached hydrogen (secondary N) is 1. The molecule has 1 aliphatic heterocycles. The van der Waals surface area contributed by atoms with Gasteiger partial charge >= 0.3 is 6.03 Å². The minimum atomic E-state index is 0.0725. The molecule has 0 aromatic carbocycles. The highest BCUT2D eigenvalue weighted by atomic mass is 16.3. The van der Waals surface area contributed by atoms with Crippen molar-refractivity contribution < 1.29 is 9.21 Å². The van der Waals surface area contributed by atoms with Crippen molar-refractivity contribution in [2.24, 2.45) is 5.92 Å². The van der Waals surface area contributed by atoms with Crippen LogP contribution in [-0.2, 0) is 6.54 Å². The van der Waals surface area contributed by atoms with E-state index in [2.05, 4.69) is 24.1 Å². The van der Waals surface area contributed by atoms with E-state index < -0.39 is 0 Å². The minimum Gasteiger partial charge on any atom is -0.468 e. The second kappa shape index (κ2) is 7.33. The first kappa shape index (κ1) is 14.9. The van der Waals surface area contributed by atoms with Crippen molar-refractivity contribution in [3.63, 3.8) is 0 Å². The fourth-order valence-corrected chi connectivity index (χ4v) is 2.31. The predicted octanol–water partition coefficient (Wildman–Crippen LogP) is 2.15. The number of urea groups is 1. The molecule has 1 aromatic rings. The summed E-state index contributed by atoms with van der Waals surface area (Å²) >= 11 is 0. The molecular weight excluding hydrogens is 254 g/mol. The Bertz CT molecular complexity index is 395. The molecule has 0 unspecified atom stereocenters. The molecule has 1 fully saturated rings. The average molecular weight is 279 g/mol. The van der Waals surface area contributed by atoms with Crippen LogP contribution in [0.25, 0.3) is 0 Å². The molecule has 2 amide bonds. The highest BCUT2D eigenvalue weighted by Gasteiger charge is 2.21. The zero-order chi connectivity index (χ0) is 14.4. The summed E-state index contributed by atoms with van der Waals surface area (Å²) in [5.74, 6) is 1.61. The van der Waals surface area contributed by atoms with Crippen molar-refractivity contribution >= 4 is 6.03 Å². The highest BCUT2D eigenvalue weighted by Crippen LogP contribution is 2.09. The Morgan fingerprint density at radius 2 is 2.10 bits per heavy atom. The fourth-order valence-electron chi connectivity index (χ4n) is 2.31. The molecule has 1 saturated heterocycles. The Labute approximate surface area is 120 Å². The summed E-state index contributed by atoms with van der Waals surface area (Å²) in [6.07, 6.45) is 2.73. The molecular formula is C15H25N3O2. The summed E-state index contributed by atoms with van der Waals surface area (Å²) in [6, 6.07) is 3.97. The molecule has 5 nitrogen and oxygen atoms in total. The third kappa shape index (κ3) is 4.56. The van der Waals surface area contributed by atoms with E-state index in [4.69, 9.17) is 4.42 Å². The van der Waals surface area contributed by atoms with E-state index in [1.807, 2.05) is 17.0 Å². The standard InChI is InChI=1S/C15H25N3O2/c1-13(2)5-6-16-15(19)18-9-7-17(8-10-18)12-14-4-3-11-20-14/h3-4,11,13H,5-10,12H2,1-2H3,(H,16,19). The minimum absolute atomic E-state index is 0.0725. The van der Waals surface area contributed by atoms with Gasteiger partial charge in [-0.3, -0.25) is 4.90 Å². The topological polar surface area (TPSA) is 48.7 Å². The van der Waals surface area contributed by atoms with Gasteiger partial charge in [-0.25, -0.2) is 4.79 Å². The number of rotatable bonds is 5. The summed E-state index contributed by atoms with van der Waals surface area (Å²) in [7, 11) is 0. The van der Waals surface area contributed by atoms with Crippen LogP contribution in [0.1, 0.15) is 26.0 Å². The van der Waals surface area contributed by atoms with Gasteiger partial charge in [0.15, 0.2) is 0 Å². The van der Waals surface area contributed by atoms with E-state index in [9.17, 15) is 4.79 Å². The van der Waals surface area contributed by atoms with Crippen molar-refractivity contribution in [2.75, 3.05) is 32.7 Å². The molecule has 0 atom stereocenters. The van der Waals surface area contributed by atoms with Crippen molar-refractivity contribution in [3.8, 4) is 0 Å². The Morgan fingerprint density at radius 1 is 1.35 bits per heavy atom. The normalized spacial score (nSPS) is 16.6. The van der Waals surface area contributed by atoms with Crippen LogP contribution in [0.15, 0.2) is 22.8 Å². The van der Waals surface area contributed by atoms with Crippen LogP contribution in [0.2, 0.25) is 0 Å². The molecule has 1 aliphatic rings. The van der Waals surface area contributed by atoms with Crippen LogP contribution in [-0.4, -0.2) is 48.6 Å². The maximum atomic E-state index is 12.0. The van der Waals surface area contributed by atoms with Gasteiger partial charge in [-0.05, 0) is 24.5 Å². The molecule has 2 heterocycles. The number of amides is 2. The largest absolute Gasteiger partial charge is 0.468 e. The quantitative estimate of drug-likeness (QED) is 0.898. The molecule has 0 saturated carbocycles. The molecule has 0 spiro atoms. The van der Waals surface area contributed by atoms with Crippen molar-refractivity contribution in [1.29, 1.82) is 0 Å². The monoisotopic (exact) mass is 279 g/mol. The first-order chi connectivity index (χ1) is 9.65. The maximum Gasteiger partial charge on any atom is 0.317 e. The fraction of sp³-hybridized carbons (Fsp3) is 0.667. The molecule has 5 heteroatoms. The van der Waals surface area contributed by atoms with Gasteiger partial charge < -0.3 is 14.6 Å². The number of nitrogens with zero attached hydrogens (tertiary/aromatic N) is 2. The Balaban J connectivity index is 1.67. The summed E-state index contributed by atoms with van der Waals surface area (Å²) in [5, 5.41) is 2.99. The lowest BCUT2D eigenvalue weighted by Gasteiger charge is -2.34. The number of hydrogen-bond donors (Lipinski definition) is 1. The molecule has 0 radical (unpaired) electrons. The number of carbonyl (C=O) groups excluding carboxylic acids is 1. The summed E-state index contributed by atoms with van der Waals surface area (Å²) in [4.78, 5) is 16.2. The third-order valence-electron chi connectivity index (χ3n) is 3.62. The van der Waals surface area contributed by atoms with Crippen molar-refractivity contribution in [2.45, 2.75) is 26.8 Å². The third-order valence-corrected chi connectivity index (χ3v) is 3.62. The second-order valence-corrected chi connectivity index (χ2v) is 5.76. The molecule has 20 heavy (non-hydrogen) atoms. The van der Waals surface area contributed by atoms with Crippen molar-refractivity contribution in [3.05, 3.63) is 24.2 Å². The molecule has 1 N–H and O–H groups in total. The van der Waals surface area contributed by atoms with E-state index in [-0.39, 0.29) is 6.03 Å². The SMILES string of the molecule is CC(C)CCNC(=O)N1CCN(Cc2ccco2)CC1. The van der Waals surface area contributed by atoms with Gasteiger partial charge in [0.2, 0.25) is 0 Å². The van der Waals surface area contributed by atoms with Gasteiger partial charge in [-0.2, -0.15) is 0 Å². The van der Waals surface area contributed by atoms with Gasteiger partial charge in [0.25, 0.3) is 0 Å². The lowest BCUT2D eigenvalue weighted by atomic mass is 10.1. The van der Waals surface area contributed by atoms with E-state index >= 15 is 0 Å². The Hall–Kier alpha value is -1.49. The van der Waals surface area contributed by atoms with Gasteiger partial charge in [0.05, 0.1) is 12.8 Å². The molecule has 0 aliphatic carbocycles. The zero-order valence-corrected chi connectivity index (χ0v) is 12.5. The van der Waals surface area contributed by atoms with Crippen molar-refractivity contribution in [1.82, 2.24) is 15.1 Å². The van der Waals surface area contributed by atoms with Gasteiger partial charge in [-0.1, -0.05) is 13.8 Å².